The molecule has 0 radical (unpaired) electrons. The number of unbranched alkanes of at least 4 members (excludes halogenated alkanes) is 3. The number of hydrogen-bond acceptors (Lipinski definition) is 6. The first-order valence-corrected chi connectivity index (χ1v) is 9.35. The van der Waals surface area contributed by atoms with Gasteiger partial charge in [-0.2, -0.15) is 0 Å². The molecule has 0 fully saturated rings. The number of rotatable bonds is 8. The molecule has 8 nitrogen and oxygen atoms in total. The van der Waals surface area contributed by atoms with E-state index in [0.29, 0.717) is 11.1 Å². The van der Waals surface area contributed by atoms with Crippen molar-refractivity contribution in [3.05, 3.63) is 63.2 Å². The molecule has 0 saturated carbocycles. The number of non-ortho nitro benzene ring substituents is 1. The van der Waals surface area contributed by atoms with E-state index in [1.165, 1.54) is 50.2 Å². The van der Waals surface area contributed by atoms with Crippen LogP contribution in [0.2, 0.25) is 0 Å². The fourth-order valence-corrected chi connectivity index (χ4v) is 2.58. The fourth-order valence-electron chi connectivity index (χ4n) is 2.58. The number of aromatic hydroxyl groups is 2. The van der Waals surface area contributed by atoms with E-state index in [1.54, 1.807) is 6.07 Å². The Balaban J connectivity index is 0.000000296. The summed E-state index contributed by atoms with van der Waals surface area (Å²) in [5.41, 5.74) is 1.66. The number of aryl methyl sites for hydroxylation is 1. The van der Waals surface area contributed by atoms with Crippen LogP contribution in [0, 0.1) is 15.5 Å². The predicted octanol–water partition coefficient (Wildman–Crippen LogP) is 4.17. The number of carbonyl (C=O) groups is 1. The second-order valence-corrected chi connectivity index (χ2v) is 6.38. The molecule has 1 amide bonds. The highest BCUT2D eigenvalue weighted by atomic mass is 16.6. The maximum Gasteiger partial charge on any atom is 0.269 e. The Morgan fingerprint density at radius 1 is 1.14 bits per heavy atom. The second-order valence-electron chi connectivity index (χ2n) is 6.38. The molecule has 0 heterocycles. The highest BCUT2D eigenvalue weighted by molar-refractivity contribution is 5.94. The van der Waals surface area contributed by atoms with Crippen LogP contribution in [-0.4, -0.2) is 34.3 Å². The number of nitrogens with one attached hydrogen (secondary N) is 2. The van der Waals surface area contributed by atoms with Gasteiger partial charge in [0.2, 0.25) is 0 Å². The van der Waals surface area contributed by atoms with E-state index in [2.05, 4.69) is 12.2 Å². The van der Waals surface area contributed by atoms with Gasteiger partial charge in [-0.25, -0.2) is 0 Å². The summed E-state index contributed by atoms with van der Waals surface area (Å²) in [5.74, 6) is -0.167. The third-order valence-electron chi connectivity index (χ3n) is 4.25. The first-order valence-electron chi connectivity index (χ1n) is 9.35. The van der Waals surface area contributed by atoms with Crippen molar-refractivity contribution in [1.82, 2.24) is 5.32 Å². The molecular formula is C21H27N3O5. The number of nitro groups is 1. The Morgan fingerprint density at radius 3 is 2.31 bits per heavy atom. The summed E-state index contributed by atoms with van der Waals surface area (Å²) in [6.45, 7) is 2.16. The van der Waals surface area contributed by atoms with Crippen molar-refractivity contribution in [3.63, 3.8) is 0 Å². The summed E-state index contributed by atoms with van der Waals surface area (Å²) >= 11 is 0. The van der Waals surface area contributed by atoms with Gasteiger partial charge in [-0.05, 0) is 36.6 Å². The van der Waals surface area contributed by atoms with Crippen LogP contribution in [-0.2, 0) is 6.42 Å². The zero-order valence-corrected chi connectivity index (χ0v) is 16.6. The quantitative estimate of drug-likeness (QED) is 0.228. The van der Waals surface area contributed by atoms with Crippen LogP contribution in [0.15, 0.2) is 36.4 Å². The lowest BCUT2D eigenvalue weighted by Gasteiger charge is -2.07. The molecule has 2 aromatic carbocycles. The first kappa shape index (κ1) is 23.6. The van der Waals surface area contributed by atoms with Gasteiger partial charge in [-0.15, -0.1) is 0 Å². The number of nitrogens with zero attached hydrogens (tertiary/aromatic N) is 1. The molecule has 8 heteroatoms. The lowest BCUT2D eigenvalue weighted by Crippen LogP contribution is -2.17. The van der Waals surface area contributed by atoms with E-state index in [9.17, 15) is 25.1 Å². The number of phenols is 2. The van der Waals surface area contributed by atoms with Crippen LogP contribution in [0.3, 0.4) is 0 Å². The van der Waals surface area contributed by atoms with Crippen molar-refractivity contribution >= 4 is 17.8 Å². The number of benzene rings is 2. The minimum Gasteiger partial charge on any atom is -0.508 e. The highest BCUT2D eigenvalue weighted by Crippen LogP contribution is 2.27. The minimum absolute atomic E-state index is 0.0207. The summed E-state index contributed by atoms with van der Waals surface area (Å²) in [6.07, 6.45) is 6.47. The van der Waals surface area contributed by atoms with Gasteiger partial charge in [0.05, 0.1) is 4.92 Å². The van der Waals surface area contributed by atoms with Crippen molar-refractivity contribution in [2.45, 2.75) is 39.0 Å². The van der Waals surface area contributed by atoms with Crippen molar-refractivity contribution in [3.8, 4) is 11.5 Å². The first-order chi connectivity index (χ1) is 13.8. The van der Waals surface area contributed by atoms with E-state index in [1.807, 2.05) is 0 Å². The van der Waals surface area contributed by atoms with Gasteiger partial charge >= 0.3 is 0 Å². The number of carbonyl (C=O) groups excluding carboxylic acids is 1. The van der Waals surface area contributed by atoms with Crippen molar-refractivity contribution in [2.75, 3.05) is 7.05 Å². The topological polar surface area (TPSA) is 137 Å². The van der Waals surface area contributed by atoms with Gasteiger partial charge in [0, 0.05) is 42.6 Å². The summed E-state index contributed by atoms with van der Waals surface area (Å²) in [6, 6.07) is 8.42. The van der Waals surface area contributed by atoms with Crippen molar-refractivity contribution in [2.24, 2.45) is 0 Å². The summed E-state index contributed by atoms with van der Waals surface area (Å²) in [5, 5.41) is 38.9. The molecule has 0 spiro atoms. The molecule has 0 aliphatic rings. The van der Waals surface area contributed by atoms with Crippen molar-refractivity contribution < 1.29 is 19.9 Å². The molecule has 0 atom stereocenters. The zero-order chi connectivity index (χ0) is 21.8. The second kappa shape index (κ2) is 12.1. The van der Waals surface area contributed by atoms with Crippen molar-refractivity contribution in [1.29, 1.82) is 5.41 Å². The highest BCUT2D eigenvalue weighted by Gasteiger charge is 2.08. The normalized spacial score (nSPS) is 9.86. The number of hydrogen-bond donors (Lipinski definition) is 4. The van der Waals surface area contributed by atoms with Crippen LogP contribution in [0.25, 0.3) is 0 Å². The smallest absolute Gasteiger partial charge is 0.269 e. The molecule has 2 rings (SSSR count). The SMILES string of the molecule is CCCCCCc1cc(C=N)c(O)cc1O.CNC(=O)c1ccc([N+](=O)[O-])cc1. The molecule has 29 heavy (non-hydrogen) atoms. The third kappa shape index (κ3) is 7.61. The molecule has 0 aromatic heterocycles. The van der Waals surface area contributed by atoms with Gasteiger partial charge in [-0.1, -0.05) is 26.2 Å². The monoisotopic (exact) mass is 401 g/mol. The molecular weight excluding hydrogens is 374 g/mol. The largest absolute Gasteiger partial charge is 0.508 e. The number of nitro benzene ring substituents is 1. The molecule has 0 aliphatic carbocycles. The molecule has 0 saturated heterocycles. The van der Waals surface area contributed by atoms with E-state index in [-0.39, 0.29) is 23.1 Å². The van der Waals surface area contributed by atoms with Gasteiger partial charge in [0.25, 0.3) is 11.6 Å². The Morgan fingerprint density at radius 2 is 1.79 bits per heavy atom. The predicted molar refractivity (Wildman–Crippen MR) is 112 cm³/mol. The number of amides is 1. The Bertz CT molecular complexity index is 835. The van der Waals surface area contributed by atoms with Crippen LogP contribution in [0.5, 0.6) is 11.5 Å². The average Bonchev–Trinajstić information content (AvgIpc) is 2.72. The lowest BCUT2D eigenvalue weighted by atomic mass is 10.0. The van der Waals surface area contributed by atoms with Crippen LogP contribution in [0.1, 0.15) is 54.1 Å². The molecule has 156 valence electrons. The van der Waals surface area contributed by atoms with Gasteiger partial charge in [0.15, 0.2) is 0 Å². The standard InChI is InChI=1S/C13H19NO2.C8H8N2O3/c1-2-3-4-5-6-10-7-11(9-14)13(16)8-12(10)15;1-9-8(11)6-2-4-7(5-3-6)10(12)13/h7-9,14-16H,2-6H2,1H3;2-5H,1H3,(H,9,11). The van der Waals surface area contributed by atoms with Crippen LogP contribution >= 0.6 is 0 Å². The summed E-state index contributed by atoms with van der Waals surface area (Å²) in [7, 11) is 1.50. The van der Waals surface area contributed by atoms with E-state index >= 15 is 0 Å². The van der Waals surface area contributed by atoms with E-state index < -0.39 is 4.92 Å². The molecule has 2 aromatic rings. The fraction of sp³-hybridized carbons (Fsp3) is 0.333. The zero-order valence-electron chi connectivity index (χ0n) is 16.6. The molecule has 4 N–H and O–H groups in total. The molecule has 0 bridgehead atoms. The van der Waals surface area contributed by atoms with E-state index in [4.69, 9.17) is 5.41 Å². The average molecular weight is 401 g/mol. The summed E-state index contributed by atoms with van der Waals surface area (Å²) in [4.78, 5) is 20.8. The Labute approximate surface area is 169 Å². The Hall–Kier alpha value is -3.42. The van der Waals surface area contributed by atoms with E-state index in [0.717, 1.165) is 31.0 Å². The molecule has 0 aliphatic heterocycles. The van der Waals surface area contributed by atoms with Crippen LogP contribution < -0.4 is 5.32 Å². The summed E-state index contributed by atoms with van der Waals surface area (Å²) < 4.78 is 0. The maximum atomic E-state index is 11.0. The van der Waals surface area contributed by atoms with Gasteiger partial charge in [0.1, 0.15) is 11.5 Å². The molecule has 0 unspecified atom stereocenters. The third-order valence-corrected chi connectivity index (χ3v) is 4.25. The number of phenolic OH excluding ortho intramolecular Hbond substituents is 2. The minimum atomic E-state index is -0.506. The Kier molecular flexibility index (Phi) is 9.87. The maximum absolute atomic E-state index is 11.0. The van der Waals surface area contributed by atoms with Gasteiger partial charge in [-0.3, -0.25) is 14.9 Å². The van der Waals surface area contributed by atoms with Gasteiger partial charge < -0.3 is 20.9 Å². The lowest BCUT2D eigenvalue weighted by molar-refractivity contribution is -0.384. The van der Waals surface area contributed by atoms with Crippen LogP contribution in [0.4, 0.5) is 5.69 Å².